The smallest absolute Gasteiger partial charge is 0.110 e. The van der Waals surface area contributed by atoms with E-state index >= 15 is 0 Å². The Morgan fingerprint density at radius 3 is 2.69 bits per heavy atom. The number of aromatic nitrogens is 2. The SMILES string of the molecule is CC1CCC(C(O)Cc2nccn2C)CC1. The highest BCUT2D eigenvalue weighted by Crippen LogP contribution is 2.31. The van der Waals surface area contributed by atoms with Crippen LogP contribution < -0.4 is 0 Å². The molecule has 3 nitrogen and oxygen atoms in total. The zero-order valence-electron chi connectivity index (χ0n) is 10.3. The van der Waals surface area contributed by atoms with Crippen molar-refractivity contribution in [3.63, 3.8) is 0 Å². The molecule has 0 bridgehead atoms. The van der Waals surface area contributed by atoms with Gasteiger partial charge in [-0.3, -0.25) is 0 Å². The van der Waals surface area contributed by atoms with Crippen LogP contribution in [0.25, 0.3) is 0 Å². The molecule has 1 aliphatic carbocycles. The molecule has 16 heavy (non-hydrogen) atoms. The second kappa shape index (κ2) is 5.00. The summed E-state index contributed by atoms with van der Waals surface area (Å²) in [6, 6.07) is 0. The predicted octanol–water partition coefficient (Wildman–Crippen LogP) is 2.15. The fourth-order valence-corrected chi connectivity index (χ4v) is 2.62. The Bertz CT molecular complexity index is 326. The molecule has 90 valence electrons. The summed E-state index contributed by atoms with van der Waals surface area (Å²) in [6.07, 6.45) is 9.09. The molecule has 3 heteroatoms. The molecule has 0 amide bonds. The van der Waals surface area contributed by atoms with Gasteiger partial charge in [-0.2, -0.15) is 0 Å². The van der Waals surface area contributed by atoms with Gasteiger partial charge in [-0.25, -0.2) is 4.98 Å². The Morgan fingerprint density at radius 2 is 2.12 bits per heavy atom. The van der Waals surface area contributed by atoms with Crippen molar-refractivity contribution in [1.29, 1.82) is 0 Å². The average Bonchev–Trinajstić information content (AvgIpc) is 2.65. The number of aliphatic hydroxyl groups is 1. The highest BCUT2D eigenvalue weighted by atomic mass is 16.3. The Labute approximate surface area is 97.5 Å². The van der Waals surface area contributed by atoms with Crippen molar-refractivity contribution in [3.05, 3.63) is 18.2 Å². The van der Waals surface area contributed by atoms with E-state index in [9.17, 15) is 5.11 Å². The van der Waals surface area contributed by atoms with Crippen molar-refractivity contribution >= 4 is 0 Å². The average molecular weight is 222 g/mol. The number of rotatable bonds is 3. The Kier molecular flexibility index (Phi) is 3.64. The minimum Gasteiger partial charge on any atom is -0.392 e. The maximum absolute atomic E-state index is 10.2. The molecule has 1 aliphatic rings. The molecule has 1 heterocycles. The summed E-state index contributed by atoms with van der Waals surface area (Å²) in [5, 5.41) is 10.2. The van der Waals surface area contributed by atoms with E-state index in [0.717, 1.165) is 11.7 Å². The van der Waals surface area contributed by atoms with Gasteiger partial charge in [-0.15, -0.1) is 0 Å². The highest BCUT2D eigenvalue weighted by molar-refractivity contribution is 4.94. The van der Waals surface area contributed by atoms with Gasteiger partial charge in [-0.05, 0) is 24.7 Å². The second-order valence-corrected chi connectivity index (χ2v) is 5.25. The highest BCUT2D eigenvalue weighted by Gasteiger charge is 2.25. The summed E-state index contributed by atoms with van der Waals surface area (Å²) >= 11 is 0. The van der Waals surface area contributed by atoms with Crippen LogP contribution in [-0.2, 0) is 13.5 Å². The normalized spacial score (nSPS) is 27.9. The van der Waals surface area contributed by atoms with Crippen molar-refractivity contribution in [2.24, 2.45) is 18.9 Å². The van der Waals surface area contributed by atoms with E-state index < -0.39 is 0 Å². The van der Waals surface area contributed by atoms with Crippen molar-refractivity contribution < 1.29 is 5.11 Å². The van der Waals surface area contributed by atoms with Crippen molar-refractivity contribution in [3.8, 4) is 0 Å². The van der Waals surface area contributed by atoms with Crippen LogP contribution in [0.15, 0.2) is 12.4 Å². The van der Waals surface area contributed by atoms with Gasteiger partial charge in [0.1, 0.15) is 5.82 Å². The summed E-state index contributed by atoms with van der Waals surface area (Å²) in [4.78, 5) is 4.27. The number of aliphatic hydroxyl groups excluding tert-OH is 1. The lowest BCUT2D eigenvalue weighted by molar-refractivity contribution is 0.0739. The van der Waals surface area contributed by atoms with Crippen molar-refractivity contribution in [1.82, 2.24) is 9.55 Å². The van der Waals surface area contributed by atoms with Gasteiger partial charge in [0.25, 0.3) is 0 Å². The van der Waals surface area contributed by atoms with Crippen LogP contribution in [0.4, 0.5) is 0 Å². The number of hydrogen-bond donors (Lipinski definition) is 1. The van der Waals surface area contributed by atoms with E-state index in [0.29, 0.717) is 12.3 Å². The Hall–Kier alpha value is -0.830. The lowest BCUT2D eigenvalue weighted by Gasteiger charge is -2.29. The van der Waals surface area contributed by atoms with Crippen molar-refractivity contribution in [2.45, 2.75) is 45.1 Å². The van der Waals surface area contributed by atoms with E-state index in [1.54, 1.807) is 6.20 Å². The fraction of sp³-hybridized carbons (Fsp3) is 0.769. The first kappa shape index (κ1) is 11.6. The van der Waals surface area contributed by atoms with Gasteiger partial charge < -0.3 is 9.67 Å². The topological polar surface area (TPSA) is 38.1 Å². The molecular formula is C13H22N2O. The molecule has 1 aromatic heterocycles. The van der Waals surface area contributed by atoms with Crippen LogP contribution in [0.2, 0.25) is 0 Å². The molecule has 0 saturated heterocycles. The molecule has 1 saturated carbocycles. The summed E-state index contributed by atoms with van der Waals surface area (Å²) in [5.41, 5.74) is 0. The van der Waals surface area contributed by atoms with Crippen LogP contribution in [-0.4, -0.2) is 20.8 Å². The van der Waals surface area contributed by atoms with Crippen LogP contribution in [0.3, 0.4) is 0 Å². The van der Waals surface area contributed by atoms with Crippen LogP contribution in [0, 0.1) is 11.8 Å². The summed E-state index contributed by atoms with van der Waals surface area (Å²) in [7, 11) is 1.98. The first-order valence-corrected chi connectivity index (χ1v) is 6.31. The largest absolute Gasteiger partial charge is 0.392 e. The zero-order chi connectivity index (χ0) is 11.5. The lowest BCUT2D eigenvalue weighted by Crippen LogP contribution is -2.27. The summed E-state index contributed by atoms with van der Waals surface area (Å²) in [5.74, 6) is 2.32. The summed E-state index contributed by atoms with van der Waals surface area (Å²) in [6.45, 7) is 2.31. The van der Waals surface area contributed by atoms with E-state index in [2.05, 4.69) is 11.9 Å². The first-order chi connectivity index (χ1) is 7.66. The number of hydrogen-bond acceptors (Lipinski definition) is 2. The van der Waals surface area contributed by atoms with Gasteiger partial charge in [0.05, 0.1) is 6.10 Å². The Morgan fingerprint density at radius 1 is 1.44 bits per heavy atom. The third-order valence-corrected chi connectivity index (χ3v) is 3.92. The van der Waals surface area contributed by atoms with E-state index in [1.165, 1.54) is 25.7 Å². The monoisotopic (exact) mass is 222 g/mol. The predicted molar refractivity (Wildman–Crippen MR) is 64.0 cm³/mol. The molecule has 0 aliphatic heterocycles. The van der Waals surface area contributed by atoms with Gasteiger partial charge in [-0.1, -0.05) is 19.8 Å². The number of aryl methyl sites for hydroxylation is 1. The molecule has 0 radical (unpaired) electrons. The van der Waals surface area contributed by atoms with Gasteiger partial charge in [0.2, 0.25) is 0 Å². The second-order valence-electron chi connectivity index (χ2n) is 5.25. The maximum atomic E-state index is 10.2. The van der Waals surface area contributed by atoms with E-state index in [4.69, 9.17) is 0 Å². The molecule has 1 aromatic rings. The minimum absolute atomic E-state index is 0.214. The fourth-order valence-electron chi connectivity index (χ4n) is 2.62. The van der Waals surface area contributed by atoms with E-state index in [-0.39, 0.29) is 6.10 Å². The van der Waals surface area contributed by atoms with Crippen LogP contribution in [0.5, 0.6) is 0 Å². The maximum Gasteiger partial charge on any atom is 0.110 e. The minimum atomic E-state index is -0.214. The van der Waals surface area contributed by atoms with E-state index in [1.807, 2.05) is 17.8 Å². The van der Waals surface area contributed by atoms with Gasteiger partial charge >= 0.3 is 0 Å². The molecule has 1 unspecified atom stereocenters. The number of imidazole rings is 1. The number of nitrogens with zero attached hydrogens (tertiary/aromatic N) is 2. The molecule has 0 spiro atoms. The molecule has 2 rings (SSSR count). The first-order valence-electron chi connectivity index (χ1n) is 6.31. The third kappa shape index (κ3) is 2.64. The van der Waals surface area contributed by atoms with Gasteiger partial charge in [0, 0.05) is 25.9 Å². The molecule has 1 N–H and O–H groups in total. The molecular weight excluding hydrogens is 200 g/mol. The van der Waals surface area contributed by atoms with Gasteiger partial charge in [0.15, 0.2) is 0 Å². The van der Waals surface area contributed by atoms with Crippen LogP contribution in [0.1, 0.15) is 38.4 Å². The zero-order valence-corrected chi connectivity index (χ0v) is 10.3. The summed E-state index contributed by atoms with van der Waals surface area (Å²) < 4.78 is 1.99. The quantitative estimate of drug-likeness (QED) is 0.851. The lowest BCUT2D eigenvalue weighted by atomic mass is 9.79. The van der Waals surface area contributed by atoms with Crippen LogP contribution >= 0.6 is 0 Å². The van der Waals surface area contributed by atoms with Crippen molar-refractivity contribution in [2.75, 3.05) is 0 Å². The standard InChI is InChI=1S/C13H22N2O/c1-10-3-5-11(6-4-10)12(16)9-13-14-7-8-15(13)2/h7-8,10-12,16H,3-6,9H2,1-2H3. The molecule has 0 aromatic carbocycles. The third-order valence-electron chi connectivity index (χ3n) is 3.92. The Balaban J connectivity index is 1.88. The molecule has 1 fully saturated rings. The molecule has 1 atom stereocenters.